The minimum Gasteiger partial charge on any atom is -0.481 e. The van der Waals surface area contributed by atoms with E-state index in [-0.39, 0.29) is 5.91 Å². The molecule has 0 radical (unpaired) electrons. The lowest BCUT2D eigenvalue weighted by atomic mass is 9.98. The number of carbonyl (C=O) groups excluding carboxylic acids is 1. The normalized spacial score (nSPS) is 16.5. The Bertz CT molecular complexity index is 565. The van der Waals surface area contributed by atoms with E-state index in [9.17, 15) is 4.79 Å². The Balaban J connectivity index is 1.71. The Morgan fingerprint density at radius 3 is 2.62 bits per heavy atom. The molecular formula is C22H35NO3. The molecule has 1 aliphatic carbocycles. The van der Waals surface area contributed by atoms with E-state index in [2.05, 4.69) is 31.3 Å². The quantitative estimate of drug-likeness (QED) is 0.646. The fraction of sp³-hybridized carbons (Fsp3) is 0.682. The highest BCUT2D eigenvalue weighted by Gasteiger charge is 2.17. The van der Waals surface area contributed by atoms with Gasteiger partial charge in [0.25, 0.3) is 5.91 Å². The van der Waals surface area contributed by atoms with Crippen LogP contribution in [0.2, 0.25) is 0 Å². The minimum absolute atomic E-state index is 0.0705. The molecule has 0 saturated heterocycles. The standard InChI is InChI=1S/C22H35NO3/c1-16(2)20-12-11-17(3)15-21(20)26-18(4)22(24)23-13-8-14-25-19-9-6-5-7-10-19/h11-12,15-16,18-19H,5-10,13-14H2,1-4H3,(H,23,24). The summed E-state index contributed by atoms with van der Waals surface area (Å²) in [6, 6.07) is 6.18. The zero-order chi connectivity index (χ0) is 18.9. The van der Waals surface area contributed by atoms with Crippen molar-refractivity contribution in [1.82, 2.24) is 5.32 Å². The van der Waals surface area contributed by atoms with E-state index in [4.69, 9.17) is 9.47 Å². The molecule has 26 heavy (non-hydrogen) atoms. The SMILES string of the molecule is Cc1ccc(C(C)C)c(OC(C)C(=O)NCCCOC2CCCCC2)c1. The second kappa shape index (κ2) is 10.6. The first-order valence-corrected chi connectivity index (χ1v) is 10.1. The van der Waals surface area contributed by atoms with Crippen molar-refractivity contribution in [2.75, 3.05) is 13.2 Å². The van der Waals surface area contributed by atoms with Gasteiger partial charge >= 0.3 is 0 Å². The van der Waals surface area contributed by atoms with Gasteiger partial charge in [-0.25, -0.2) is 0 Å². The molecule has 1 fully saturated rings. The molecule has 1 amide bonds. The third kappa shape index (κ3) is 6.64. The van der Waals surface area contributed by atoms with E-state index in [0.717, 1.165) is 29.9 Å². The predicted octanol–water partition coefficient (Wildman–Crippen LogP) is 4.74. The summed E-state index contributed by atoms with van der Waals surface area (Å²) in [5, 5.41) is 2.96. The number of nitrogens with one attached hydrogen (secondary N) is 1. The molecule has 1 saturated carbocycles. The number of hydrogen-bond acceptors (Lipinski definition) is 3. The van der Waals surface area contributed by atoms with Gasteiger partial charge < -0.3 is 14.8 Å². The molecule has 1 unspecified atom stereocenters. The third-order valence-corrected chi connectivity index (χ3v) is 4.99. The van der Waals surface area contributed by atoms with Crippen molar-refractivity contribution >= 4 is 5.91 Å². The van der Waals surface area contributed by atoms with E-state index in [1.165, 1.54) is 32.1 Å². The summed E-state index contributed by atoms with van der Waals surface area (Å²) >= 11 is 0. The Kier molecular flexibility index (Phi) is 8.43. The van der Waals surface area contributed by atoms with Crippen molar-refractivity contribution in [2.24, 2.45) is 0 Å². The van der Waals surface area contributed by atoms with Crippen LogP contribution >= 0.6 is 0 Å². The second-order valence-electron chi connectivity index (χ2n) is 7.73. The number of amides is 1. The molecule has 1 aromatic carbocycles. The minimum atomic E-state index is -0.506. The van der Waals surface area contributed by atoms with Gasteiger partial charge in [-0.3, -0.25) is 4.79 Å². The summed E-state index contributed by atoms with van der Waals surface area (Å²) in [4.78, 5) is 12.3. The summed E-state index contributed by atoms with van der Waals surface area (Å²) in [7, 11) is 0. The van der Waals surface area contributed by atoms with Gasteiger partial charge in [0.1, 0.15) is 5.75 Å². The monoisotopic (exact) mass is 361 g/mol. The predicted molar refractivity (Wildman–Crippen MR) is 106 cm³/mol. The first-order chi connectivity index (χ1) is 12.5. The largest absolute Gasteiger partial charge is 0.481 e. The van der Waals surface area contributed by atoms with Crippen LogP contribution in [0.4, 0.5) is 0 Å². The van der Waals surface area contributed by atoms with Gasteiger partial charge in [0.15, 0.2) is 6.10 Å². The van der Waals surface area contributed by atoms with Gasteiger partial charge in [0, 0.05) is 13.2 Å². The van der Waals surface area contributed by atoms with Crippen molar-refractivity contribution < 1.29 is 14.3 Å². The maximum absolute atomic E-state index is 12.3. The molecule has 0 spiro atoms. The van der Waals surface area contributed by atoms with Crippen molar-refractivity contribution in [1.29, 1.82) is 0 Å². The van der Waals surface area contributed by atoms with Gasteiger partial charge in [0.05, 0.1) is 6.10 Å². The molecule has 1 aromatic rings. The van der Waals surface area contributed by atoms with Gasteiger partial charge in [-0.1, -0.05) is 45.2 Å². The first kappa shape index (κ1) is 20.8. The van der Waals surface area contributed by atoms with Crippen LogP contribution in [0.3, 0.4) is 0 Å². The van der Waals surface area contributed by atoms with Crippen molar-refractivity contribution in [3.05, 3.63) is 29.3 Å². The molecule has 1 aliphatic rings. The maximum Gasteiger partial charge on any atom is 0.260 e. The maximum atomic E-state index is 12.3. The van der Waals surface area contributed by atoms with E-state index in [1.54, 1.807) is 6.92 Å². The van der Waals surface area contributed by atoms with Crippen LogP contribution in [0, 0.1) is 6.92 Å². The second-order valence-corrected chi connectivity index (χ2v) is 7.73. The lowest BCUT2D eigenvalue weighted by Gasteiger charge is -2.22. The van der Waals surface area contributed by atoms with E-state index in [0.29, 0.717) is 18.6 Å². The van der Waals surface area contributed by atoms with Crippen LogP contribution in [0.25, 0.3) is 0 Å². The Hall–Kier alpha value is -1.55. The molecule has 4 heteroatoms. The Morgan fingerprint density at radius 1 is 1.19 bits per heavy atom. The number of hydrogen-bond donors (Lipinski definition) is 1. The van der Waals surface area contributed by atoms with Crippen LogP contribution in [-0.2, 0) is 9.53 Å². The number of benzene rings is 1. The topological polar surface area (TPSA) is 47.6 Å². The molecule has 1 atom stereocenters. The molecular weight excluding hydrogens is 326 g/mol. The van der Waals surface area contributed by atoms with Gasteiger partial charge in [-0.2, -0.15) is 0 Å². The summed E-state index contributed by atoms with van der Waals surface area (Å²) in [5.74, 6) is 1.10. The van der Waals surface area contributed by atoms with Crippen molar-refractivity contribution in [3.63, 3.8) is 0 Å². The van der Waals surface area contributed by atoms with E-state index in [1.807, 2.05) is 13.0 Å². The summed E-state index contributed by atoms with van der Waals surface area (Å²) in [6.45, 7) is 9.46. The highest BCUT2D eigenvalue weighted by molar-refractivity contribution is 5.80. The lowest BCUT2D eigenvalue weighted by molar-refractivity contribution is -0.127. The van der Waals surface area contributed by atoms with Gasteiger partial charge in [-0.15, -0.1) is 0 Å². The molecule has 4 nitrogen and oxygen atoms in total. The van der Waals surface area contributed by atoms with Crippen LogP contribution in [0.15, 0.2) is 18.2 Å². The average molecular weight is 362 g/mol. The Labute approximate surface area is 158 Å². The molecule has 146 valence electrons. The molecule has 0 aliphatic heterocycles. The van der Waals surface area contributed by atoms with Crippen LogP contribution in [0.1, 0.15) is 76.3 Å². The molecule has 0 heterocycles. The molecule has 0 aromatic heterocycles. The van der Waals surface area contributed by atoms with Crippen molar-refractivity contribution in [3.8, 4) is 5.75 Å². The zero-order valence-corrected chi connectivity index (χ0v) is 16.8. The fourth-order valence-corrected chi connectivity index (χ4v) is 3.37. The average Bonchev–Trinajstić information content (AvgIpc) is 2.62. The Morgan fingerprint density at radius 2 is 1.92 bits per heavy atom. The summed E-state index contributed by atoms with van der Waals surface area (Å²) in [6.07, 6.45) is 7.05. The third-order valence-electron chi connectivity index (χ3n) is 4.99. The summed E-state index contributed by atoms with van der Waals surface area (Å²) < 4.78 is 11.9. The zero-order valence-electron chi connectivity index (χ0n) is 16.8. The fourth-order valence-electron chi connectivity index (χ4n) is 3.37. The van der Waals surface area contributed by atoms with Crippen LogP contribution in [0.5, 0.6) is 5.75 Å². The molecule has 2 rings (SSSR count). The van der Waals surface area contributed by atoms with Crippen LogP contribution < -0.4 is 10.1 Å². The number of carbonyl (C=O) groups is 1. The number of rotatable bonds is 9. The lowest BCUT2D eigenvalue weighted by Crippen LogP contribution is -2.37. The molecule has 0 bridgehead atoms. The summed E-state index contributed by atoms with van der Waals surface area (Å²) in [5.41, 5.74) is 2.27. The van der Waals surface area contributed by atoms with E-state index >= 15 is 0 Å². The van der Waals surface area contributed by atoms with Crippen molar-refractivity contribution in [2.45, 2.75) is 84.3 Å². The molecule has 1 N–H and O–H groups in total. The highest BCUT2D eigenvalue weighted by Crippen LogP contribution is 2.28. The number of aryl methyl sites for hydroxylation is 1. The van der Waals surface area contributed by atoms with E-state index < -0.39 is 6.10 Å². The smallest absolute Gasteiger partial charge is 0.260 e. The first-order valence-electron chi connectivity index (χ1n) is 10.1. The number of ether oxygens (including phenoxy) is 2. The van der Waals surface area contributed by atoms with Crippen LogP contribution in [-0.4, -0.2) is 31.3 Å². The van der Waals surface area contributed by atoms with Gasteiger partial charge in [-0.05, 0) is 56.2 Å². The van der Waals surface area contributed by atoms with Gasteiger partial charge in [0.2, 0.25) is 0 Å². The highest BCUT2D eigenvalue weighted by atomic mass is 16.5.